The van der Waals surface area contributed by atoms with Gasteiger partial charge < -0.3 is 4.74 Å². The van der Waals surface area contributed by atoms with Gasteiger partial charge in [0.05, 0.1) is 0 Å². The van der Waals surface area contributed by atoms with Crippen molar-refractivity contribution in [2.45, 2.75) is 65.9 Å². The minimum atomic E-state index is -0.632. The molecule has 0 aliphatic heterocycles. The first-order valence-electron chi connectivity index (χ1n) is 7.51. The Morgan fingerprint density at radius 1 is 1.14 bits per heavy atom. The fourth-order valence-electron chi connectivity index (χ4n) is 1.79. The zero-order valence-electron chi connectivity index (χ0n) is 14.3. The van der Waals surface area contributed by atoms with Crippen LogP contribution in [0.3, 0.4) is 0 Å². The quantitative estimate of drug-likeness (QED) is 0.317. The number of hydrogen-bond acceptors (Lipinski definition) is 2. The Kier molecular flexibility index (Phi) is 8.68. The lowest BCUT2D eigenvalue weighted by atomic mass is 9.98. The highest BCUT2D eigenvalue weighted by Crippen LogP contribution is 2.22. The molecule has 0 aliphatic carbocycles. The third-order valence-electron chi connectivity index (χ3n) is 3.33. The Morgan fingerprint density at radius 3 is 2.24 bits per heavy atom. The molecule has 0 aliphatic rings. The van der Waals surface area contributed by atoms with Crippen LogP contribution in [0.4, 0.5) is 0 Å². The molecule has 0 heterocycles. The first kappa shape index (κ1) is 19.4. The molecule has 0 saturated carbocycles. The molecular weight excluding hydrogens is 260 g/mol. The van der Waals surface area contributed by atoms with Crippen LogP contribution in [-0.2, 0) is 9.53 Å². The van der Waals surface area contributed by atoms with Crippen molar-refractivity contribution in [3.63, 3.8) is 0 Å². The number of rotatable bonds is 9. The highest BCUT2D eigenvalue weighted by Gasteiger charge is 2.24. The van der Waals surface area contributed by atoms with E-state index in [4.69, 9.17) is 4.74 Å². The lowest BCUT2D eigenvalue weighted by molar-refractivity contribution is -0.149. The van der Waals surface area contributed by atoms with E-state index < -0.39 is 5.60 Å². The fraction of sp³-hybridized carbons (Fsp3) is 0.526. The summed E-state index contributed by atoms with van der Waals surface area (Å²) < 4.78 is 5.45. The molecule has 0 aromatic rings. The number of carbonyl (C=O) groups excluding carboxylic acids is 1. The van der Waals surface area contributed by atoms with E-state index >= 15 is 0 Å². The third-order valence-corrected chi connectivity index (χ3v) is 3.33. The number of ether oxygens (including phenoxy) is 1. The van der Waals surface area contributed by atoms with Crippen LogP contribution in [0.2, 0.25) is 0 Å². The normalized spacial score (nSPS) is 14.0. The highest BCUT2D eigenvalue weighted by atomic mass is 16.6. The van der Waals surface area contributed by atoms with Gasteiger partial charge in [0.15, 0.2) is 0 Å². The molecule has 0 spiro atoms. The molecule has 2 nitrogen and oxygen atoms in total. The predicted molar refractivity (Wildman–Crippen MR) is 91.2 cm³/mol. The monoisotopic (exact) mass is 290 g/mol. The van der Waals surface area contributed by atoms with Gasteiger partial charge in [-0.2, -0.15) is 0 Å². The van der Waals surface area contributed by atoms with Gasteiger partial charge in [0, 0.05) is 5.57 Å². The molecular formula is C19H30O2. The van der Waals surface area contributed by atoms with Gasteiger partial charge in [-0.3, -0.25) is 0 Å². The average Bonchev–Trinajstić information content (AvgIpc) is 2.38. The van der Waals surface area contributed by atoms with Crippen molar-refractivity contribution in [3.05, 3.63) is 48.1 Å². The van der Waals surface area contributed by atoms with Gasteiger partial charge in [0.1, 0.15) is 5.60 Å². The second-order valence-electron chi connectivity index (χ2n) is 6.10. The van der Waals surface area contributed by atoms with Gasteiger partial charge in [-0.25, -0.2) is 4.79 Å². The van der Waals surface area contributed by atoms with Gasteiger partial charge in [0.2, 0.25) is 0 Å². The third kappa shape index (κ3) is 9.06. The molecule has 0 N–H and O–H groups in total. The Balaban J connectivity index is 4.38. The molecule has 0 aromatic heterocycles. The van der Waals surface area contributed by atoms with Gasteiger partial charge in [-0.1, -0.05) is 36.5 Å². The summed E-state index contributed by atoms with van der Waals surface area (Å²) in [6, 6.07) is 0. The topological polar surface area (TPSA) is 26.3 Å². The Labute approximate surface area is 130 Å². The number of carbonyl (C=O) groups is 1. The van der Waals surface area contributed by atoms with Crippen LogP contribution >= 0.6 is 0 Å². The molecule has 0 bridgehead atoms. The van der Waals surface area contributed by atoms with Crippen molar-refractivity contribution in [1.82, 2.24) is 0 Å². The Hall–Kier alpha value is -1.57. The van der Waals surface area contributed by atoms with E-state index in [1.807, 2.05) is 6.92 Å². The fourth-order valence-corrected chi connectivity index (χ4v) is 1.79. The smallest absolute Gasteiger partial charge is 0.333 e. The summed E-state index contributed by atoms with van der Waals surface area (Å²) >= 11 is 0. The van der Waals surface area contributed by atoms with Crippen LogP contribution in [-0.4, -0.2) is 11.6 Å². The minimum Gasteiger partial charge on any atom is -0.452 e. The van der Waals surface area contributed by atoms with Crippen molar-refractivity contribution in [2.75, 3.05) is 0 Å². The zero-order valence-corrected chi connectivity index (χ0v) is 14.3. The van der Waals surface area contributed by atoms with Crippen LogP contribution in [0.1, 0.15) is 60.3 Å². The highest BCUT2D eigenvalue weighted by molar-refractivity contribution is 5.87. The average molecular weight is 290 g/mol. The Morgan fingerprint density at radius 2 is 1.76 bits per heavy atom. The lowest BCUT2D eigenvalue weighted by Gasteiger charge is -2.25. The second-order valence-corrected chi connectivity index (χ2v) is 6.10. The summed E-state index contributed by atoms with van der Waals surface area (Å²) in [6.45, 7) is 17.3. The largest absolute Gasteiger partial charge is 0.452 e. The summed E-state index contributed by atoms with van der Waals surface area (Å²) in [6.07, 6.45) is 9.91. The molecule has 0 saturated heterocycles. The summed E-state index contributed by atoms with van der Waals surface area (Å²) in [7, 11) is 0. The molecule has 0 amide bonds. The van der Waals surface area contributed by atoms with Gasteiger partial charge in [-0.05, 0) is 66.4 Å². The van der Waals surface area contributed by atoms with E-state index in [0.29, 0.717) is 5.57 Å². The van der Waals surface area contributed by atoms with Crippen molar-refractivity contribution >= 4 is 5.97 Å². The maximum atomic E-state index is 11.6. The SMILES string of the molecule is C=CC(C)(CCC=C(C)CCC=C(C)C)OC(=O)C(=C)C. The molecule has 0 rings (SSSR count). The minimum absolute atomic E-state index is 0.360. The van der Waals surface area contributed by atoms with Crippen LogP contribution < -0.4 is 0 Å². The molecule has 0 radical (unpaired) electrons. The summed E-state index contributed by atoms with van der Waals surface area (Å²) in [5.74, 6) is -0.360. The van der Waals surface area contributed by atoms with Crippen molar-refractivity contribution < 1.29 is 9.53 Å². The summed E-state index contributed by atoms with van der Waals surface area (Å²) in [4.78, 5) is 11.6. The molecule has 118 valence electrons. The van der Waals surface area contributed by atoms with Crippen LogP contribution in [0.15, 0.2) is 48.1 Å². The van der Waals surface area contributed by atoms with E-state index in [0.717, 1.165) is 25.7 Å². The molecule has 1 atom stereocenters. The van der Waals surface area contributed by atoms with E-state index in [1.54, 1.807) is 13.0 Å². The van der Waals surface area contributed by atoms with Crippen molar-refractivity contribution in [3.8, 4) is 0 Å². The van der Waals surface area contributed by atoms with E-state index in [9.17, 15) is 4.79 Å². The number of esters is 1. The number of hydrogen-bond donors (Lipinski definition) is 0. The van der Waals surface area contributed by atoms with Crippen molar-refractivity contribution in [1.29, 1.82) is 0 Å². The van der Waals surface area contributed by atoms with Crippen molar-refractivity contribution in [2.24, 2.45) is 0 Å². The van der Waals surface area contributed by atoms with Gasteiger partial charge >= 0.3 is 5.97 Å². The van der Waals surface area contributed by atoms with Gasteiger partial charge in [0.25, 0.3) is 0 Å². The number of allylic oxidation sites excluding steroid dienone is 4. The zero-order chi connectivity index (χ0) is 16.5. The molecule has 0 fully saturated rings. The Bertz CT molecular complexity index is 436. The van der Waals surface area contributed by atoms with Crippen LogP contribution in [0.25, 0.3) is 0 Å². The maximum absolute atomic E-state index is 11.6. The van der Waals surface area contributed by atoms with E-state index in [1.165, 1.54) is 11.1 Å². The lowest BCUT2D eigenvalue weighted by Crippen LogP contribution is -2.29. The summed E-state index contributed by atoms with van der Waals surface area (Å²) in [5.41, 5.74) is 2.50. The molecule has 1 unspecified atom stereocenters. The second kappa shape index (κ2) is 9.38. The van der Waals surface area contributed by atoms with Crippen LogP contribution in [0, 0.1) is 0 Å². The van der Waals surface area contributed by atoms with Crippen LogP contribution in [0.5, 0.6) is 0 Å². The van der Waals surface area contributed by atoms with E-state index in [-0.39, 0.29) is 5.97 Å². The molecule has 2 heteroatoms. The standard InChI is InChI=1S/C19H30O2/c1-8-19(7,21-18(20)16(4)5)14-10-13-17(6)12-9-11-15(2)3/h8,11,13H,1,4,9-10,12,14H2,2-3,5-7H3. The maximum Gasteiger partial charge on any atom is 0.333 e. The first-order valence-corrected chi connectivity index (χ1v) is 7.51. The predicted octanol–water partition coefficient (Wildman–Crippen LogP) is 5.52. The molecule has 21 heavy (non-hydrogen) atoms. The van der Waals surface area contributed by atoms with Gasteiger partial charge in [-0.15, -0.1) is 0 Å². The first-order chi connectivity index (χ1) is 9.70. The summed E-state index contributed by atoms with van der Waals surface area (Å²) in [5, 5.41) is 0. The molecule has 0 aromatic carbocycles. The van der Waals surface area contributed by atoms with E-state index in [2.05, 4.69) is 46.1 Å².